The van der Waals surface area contributed by atoms with Gasteiger partial charge in [0.15, 0.2) is 0 Å². The van der Waals surface area contributed by atoms with Crippen LogP contribution in [0.5, 0.6) is 11.5 Å². The fraction of sp³-hybridized carbons (Fsp3) is 0.500. The first kappa shape index (κ1) is 15.3. The highest BCUT2D eigenvalue weighted by molar-refractivity contribution is 5.66. The number of carboxylic acids is 1. The normalized spacial score (nSPS) is 11.9. The van der Waals surface area contributed by atoms with E-state index < -0.39 is 5.97 Å². The second-order valence-corrected chi connectivity index (χ2v) is 4.28. The molecule has 19 heavy (non-hydrogen) atoms. The van der Waals surface area contributed by atoms with E-state index in [2.05, 4.69) is 5.32 Å². The highest BCUT2D eigenvalue weighted by atomic mass is 16.5. The van der Waals surface area contributed by atoms with E-state index in [0.717, 1.165) is 17.1 Å². The van der Waals surface area contributed by atoms with E-state index in [9.17, 15) is 4.79 Å². The van der Waals surface area contributed by atoms with Gasteiger partial charge in [-0.05, 0) is 26.0 Å². The van der Waals surface area contributed by atoms with Crippen LogP contribution in [0.25, 0.3) is 0 Å². The maximum atomic E-state index is 10.4. The zero-order valence-corrected chi connectivity index (χ0v) is 11.6. The van der Waals surface area contributed by atoms with Crippen LogP contribution in [0.4, 0.5) is 0 Å². The van der Waals surface area contributed by atoms with Gasteiger partial charge in [-0.3, -0.25) is 4.79 Å². The zero-order valence-electron chi connectivity index (χ0n) is 11.6. The number of aliphatic carboxylic acids is 1. The molecule has 0 aliphatic rings. The summed E-state index contributed by atoms with van der Waals surface area (Å²) in [5.41, 5.74) is 1.03. The zero-order chi connectivity index (χ0) is 14.3. The lowest BCUT2D eigenvalue weighted by molar-refractivity contribution is -0.137. The molecule has 1 aromatic rings. The lowest BCUT2D eigenvalue weighted by atomic mass is 10.1. The molecule has 0 fully saturated rings. The Morgan fingerprint density at radius 1 is 1.37 bits per heavy atom. The highest BCUT2D eigenvalue weighted by Crippen LogP contribution is 2.29. The van der Waals surface area contributed by atoms with Gasteiger partial charge in [-0.25, -0.2) is 0 Å². The minimum atomic E-state index is -0.767. The predicted octanol–water partition coefficient (Wildman–Crippen LogP) is 2.22. The molecule has 0 heterocycles. The van der Waals surface area contributed by atoms with Crippen LogP contribution >= 0.6 is 0 Å². The summed E-state index contributed by atoms with van der Waals surface area (Å²) in [6.07, 6.45) is 0.789. The van der Waals surface area contributed by atoms with E-state index in [4.69, 9.17) is 14.6 Å². The highest BCUT2D eigenvalue weighted by Gasteiger charge is 2.12. The molecular formula is C14H21NO4. The molecule has 1 rings (SSSR count). The van der Waals surface area contributed by atoms with Gasteiger partial charge in [0.05, 0.1) is 14.2 Å². The van der Waals surface area contributed by atoms with Crippen molar-refractivity contribution in [3.63, 3.8) is 0 Å². The molecule has 106 valence electrons. The first-order valence-electron chi connectivity index (χ1n) is 6.25. The molecule has 0 bridgehead atoms. The van der Waals surface area contributed by atoms with Gasteiger partial charge >= 0.3 is 5.97 Å². The van der Waals surface area contributed by atoms with E-state index >= 15 is 0 Å². The molecule has 2 N–H and O–H groups in total. The summed E-state index contributed by atoms with van der Waals surface area (Å²) in [6.45, 7) is 2.67. The van der Waals surface area contributed by atoms with E-state index in [1.807, 2.05) is 25.1 Å². The second kappa shape index (κ2) is 7.63. The number of carboxylic acid groups (broad SMARTS) is 1. The van der Waals surface area contributed by atoms with Gasteiger partial charge in [0.2, 0.25) is 0 Å². The summed E-state index contributed by atoms with van der Waals surface area (Å²) in [4.78, 5) is 10.4. The Bertz CT molecular complexity index is 420. The first-order valence-corrected chi connectivity index (χ1v) is 6.25. The Labute approximate surface area is 113 Å². The first-order chi connectivity index (χ1) is 9.08. The molecule has 0 saturated carbocycles. The summed E-state index contributed by atoms with van der Waals surface area (Å²) in [5, 5.41) is 11.9. The van der Waals surface area contributed by atoms with E-state index in [0.29, 0.717) is 13.0 Å². The van der Waals surface area contributed by atoms with Gasteiger partial charge in [0.1, 0.15) is 11.5 Å². The maximum Gasteiger partial charge on any atom is 0.303 e. The van der Waals surface area contributed by atoms with Crippen LogP contribution in [0.1, 0.15) is 31.4 Å². The number of ether oxygens (including phenoxy) is 2. The lowest BCUT2D eigenvalue weighted by Crippen LogP contribution is -2.21. The third-order valence-corrected chi connectivity index (χ3v) is 2.93. The summed E-state index contributed by atoms with van der Waals surface area (Å²) in [5.74, 6) is 0.743. The molecule has 5 heteroatoms. The summed E-state index contributed by atoms with van der Waals surface area (Å²) < 4.78 is 10.5. The Hall–Kier alpha value is -1.75. The van der Waals surface area contributed by atoms with Crippen molar-refractivity contribution in [2.24, 2.45) is 0 Å². The summed E-state index contributed by atoms with van der Waals surface area (Å²) in [7, 11) is 3.23. The molecule has 0 radical (unpaired) electrons. The molecule has 0 aliphatic heterocycles. The Morgan fingerprint density at radius 2 is 2.11 bits per heavy atom. The molecular weight excluding hydrogens is 246 g/mol. The molecule has 1 atom stereocenters. The Kier molecular flexibility index (Phi) is 6.15. The van der Waals surface area contributed by atoms with Crippen LogP contribution in [0.15, 0.2) is 18.2 Å². The predicted molar refractivity (Wildman–Crippen MR) is 72.8 cm³/mol. The maximum absolute atomic E-state index is 10.4. The van der Waals surface area contributed by atoms with Crippen molar-refractivity contribution in [2.75, 3.05) is 20.8 Å². The Balaban J connectivity index is 2.60. The van der Waals surface area contributed by atoms with Crippen molar-refractivity contribution in [1.29, 1.82) is 0 Å². The number of benzene rings is 1. The average molecular weight is 267 g/mol. The van der Waals surface area contributed by atoms with Gasteiger partial charge in [0.25, 0.3) is 0 Å². The molecule has 1 unspecified atom stereocenters. The second-order valence-electron chi connectivity index (χ2n) is 4.28. The minimum absolute atomic E-state index is 0.0923. The topological polar surface area (TPSA) is 67.8 Å². The molecule has 0 spiro atoms. The van der Waals surface area contributed by atoms with E-state index in [-0.39, 0.29) is 12.5 Å². The molecule has 1 aromatic carbocycles. The Morgan fingerprint density at radius 3 is 2.68 bits per heavy atom. The smallest absolute Gasteiger partial charge is 0.303 e. The monoisotopic (exact) mass is 267 g/mol. The minimum Gasteiger partial charge on any atom is -0.497 e. The third kappa shape index (κ3) is 4.79. The number of nitrogens with one attached hydrogen (secondary N) is 1. The molecule has 0 saturated heterocycles. The van der Waals surface area contributed by atoms with Gasteiger partial charge in [-0.15, -0.1) is 0 Å². The van der Waals surface area contributed by atoms with Crippen LogP contribution in [-0.2, 0) is 4.79 Å². The fourth-order valence-electron chi connectivity index (χ4n) is 1.84. The lowest BCUT2D eigenvalue weighted by Gasteiger charge is -2.17. The van der Waals surface area contributed by atoms with Crippen molar-refractivity contribution in [3.8, 4) is 11.5 Å². The van der Waals surface area contributed by atoms with Crippen LogP contribution < -0.4 is 14.8 Å². The molecule has 0 aliphatic carbocycles. The van der Waals surface area contributed by atoms with Gasteiger partial charge in [0, 0.05) is 24.1 Å². The van der Waals surface area contributed by atoms with Gasteiger partial charge < -0.3 is 19.9 Å². The quantitative estimate of drug-likeness (QED) is 0.707. The van der Waals surface area contributed by atoms with Crippen molar-refractivity contribution in [2.45, 2.75) is 25.8 Å². The van der Waals surface area contributed by atoms with Crippen LogP contribution in [0.3, 0.4) is 0 Å². The van der Waals surface area contributed by atoms with Gasteiger partial charge in [-0.1, -0.05) is 6.07 Å². The third-order valence-electron chi connectivity index (χ3n) is 2.93. The number of carbonyl (C=O) groups is 1. The number of methoxy groups -OCH3 is 2. The van der Waals surface area contributed by atoms with Crippen LogP contribution in [-0.4, -0.2) is 31.8 Å². The largest absolute Gasteiger partial charge is 0.497 e. The average Bonchev–Trinajstić information content (AvgIpc) is 2.42. The molecule has 5 nitrogen and oxygen atoms in total. The fourth-order valence-corrected chi connectivity index (χ4v) is 1.84. The van der Waals surface area contributed by atoms with Crippen molar-refractivity contribution in [1.82, 2.24) is 5.32 Å². The summed E-state index contributed by atoms with van der Waals surface area (Å²) >= 11 is 0. The molecule has 0 aromatic heterocycles. The summed E-state index contributed by atoms with van der Waals surface area (Å²) in [6, 6.07) is 5.76. The number of hydrogen-bond donors (Lipinski definition) is 2. The van der Waals surface area contributed by atoms with Crippen LogP contribution in [0, 0.1) is 0 Å². The molecule has 0 amide bonds. The van der Waals surface area contributed by atoms with Crippen molar-refractivity contribution < 1.29 is 19.4 Å². The number of hydrogen-bond acceptors (Lipinski definition) is 4. The number of rotatable bonds is 8. The van der Waals surface area contributed by atoms with Crippen molar-refractivity contribution >= 4 is 5.97 Å². The van der Waals surface area contributed by atoms with Crippen molar-refractivity contribution in [3.05, 3.63) is 23.8 Å². The SMILES string of the molecule is COc1ccc(C(C)NCCCC(=O)O)c(OC)c1. The standard InChI is InChI=1S/C14H21NO4/c1-10(15-8-4-5-14(16)17)12-7-6-11(18-2)9-13(12)19-3/h6-7,9-10,15H,4-5,8H2,1-3H3,(H,16,17). The van der Waals surface area contributed by atoms with Crippen LogP contribution in [0.2, 0.25) is 0 Å². The van der Waals surface area contributed by atoms with Gasteiger partial charge in [-0.2, -0.15) is 0 Å². The van der Waals surface area contributed by atoms with E-state index in [1.54, 1.807) is 14.2 Å². The van der Waals surface area contributed by atoms with E-state index in [1.165, 1.54) is 0 Å².